The molecule has 0 radical (unpaired) electrons. The molecule has 2 heterocycles. The van der Waals surface area contributed by atoms with Gasteiger partial charge in [0.2, 0.25) is 5.91 Å². The Balaban J connectivity index is 1.11. The molecule has 2 aliphatic rings. The van der Waals surface area contributed by atoms with Gasteiger partial charge in [0.15, 0.2) is 11.5 Å². The third-order valence-corrected chi connectivity index (χ3v) is 6.13. The molecular formula is C29H31N3O6. The summed E-state index contributed by atoms with van der Waals surface area (Å²) >= 11 is 0. The maximum atomic E-state index is 11.1. The highest BCUT2D eigenvalue weighted by Gasteiger charge is 2.25. The molecule has 0 saturated heterocycles. The SMILES string of the molecule is Cc1ccc2c(c1)N=C(c1ccc(-c3ccc4c(c3)OC(COCCOCCNC(=O)CN)O4)cc1)CO2. The molecule has 1 atom stereocenters. The van der Waals surface area contributed by atoms with Crippen LogP contribution in [0.4, 0.5) is 5.69 Å². The highest BCUT2D eigenvalue weighted by Crippen LogP contribution is 2.38. The van der Waals surface area contributed by atoms with Crippen LogP contribution in [0, 0.1) is 6.92 Å². The fourth-order valence-electron chi connectivity index (χ4n) is 4.15. The summed E-state index contributed by atoms with van der Waals surface area (Å²) in [4.78, 5) is 15.9. The van der Waals surface area contributed by atoms with Crippen molar-refractivity contribution in [1.29, 1.82) is 0 Å². The van der Waals surface area contributed by atoms with Crippen molar-refractivity contribution < 1.29 is 28.5 Å². The molecule has 0 aromatic heterocycles. The Hall–Kier alpha value is -3.92. The smallest absolute Gasteiger partial charge is 0.264 e. The van der Waals surface area contributed by atoms with Gasteiger partial charge < -0.3 is 34.7 Å². The lowest BCUT2D eigenvalue weighted by atomic mass is 10.0. The normalized spacial score (nSPS) is 15.4. The van der Waals surface area contributed by atoms with E-state index >= 15 is 0 Å². The maximum Gasteiger partial charge on any atom is 0.264 e. The molecule has 38 heavy (non-hydrogen) atoms. The van der Waals surface area contributed by atoms with Crippen LogP contribution in [-0.2, 0) is 14.3 Å². The number of benzene rings is 3. The van der Waals surface area contributed by atoms with E-state index in [4.69, 9.17) is 34.4 Å². The second-order valence-corrected chi connectivity index (χ2v) is 8.96. The molecule has 3 aromatic carbocycles. The van der Waals surface area contributed by atoms with E-state index < -0.39 is 6.29 Å². The number of ether oxygens (including phenoxy) is 5. The number of nitrogens with two attached hydrogens (primary N) is 1. The number of nitrogens with zero attached hydrogens (tertiary/aromatic N) is 1. The quantitative estimate of drug-likeness (QED) is 0.375. The Morgan fingerprint density at radius 1 is 0.921 bits per heavy atom. The van der Waals surface area contributed by atoms with Gasteiger partial charge in [-0.2, -0.15) is 0 Å². The Bertz CT molecular complexity index is 1310. The van der Waals surface area contributed by atoms with E-state index in [1.807, 2.05) is 43.3 Å². The first-order chi connectivity index (χ1) is 18.6. The van der Waals surface area contributed by atoms with Crippen LogP contribution in [0.1, 0.15) is 11.1 Å². The molecule has 198 valence electrons. The number of aryl methyl sites for hydroxylation is 1. The van der Waals surface area contributed by atoms with Gasteiger partial charge >= 0.3 is 0 Å². The monoisotopic (exact) mass is 517 g/mol. The van der Waals surface area contributed by atoms with E-state index in [0.717, 1.165) is 39.4 Å². The molecule has 0 saturated carbocycles. The number of fused-ring (bicyclic) bond motifs is 2. The summed E-state index contributed by atoms with van der Waals surface area (Å²) in [6.07, 6.45) is -0.512. The van der Waals surface area contributed by atoms with Gasteiger partial charge in [-0.05, 0) is 53.4 Å². The lowest BCUT2D eigenvalue weighted by Crippen LogP contribution is -2.33. The largest absolute Gasteiger partial charge is 0.485 e. The number of hydrogen-bond acceptors (Lipinski definition) is 8. The predicted octanol–water partition coefficient (Wildman–Crippen LogP) is 3.38. The summed E-state index contributed by atoms with van der Waals surface area (Å²) in [6.45, 7) is 4.36. The summed E-state index contributed by atoms with van der Waals surface area (Å²) in [5, 5.41) is 2.64. The van der Waals surface area contributed by atoms with Crippen LogP contribution in [0.15, 0.2) is 65.7 Å². The van der Waals surface area contributed by atoms with Crippen molar-refractivity contribution in [2.75, 3.05) is 46.1 Å². The van der Waals surface area contributed by atoms with Crippen molar-refractivity contribution in [3.8, 4) is 28.4 Å². The Kier molecular flexibility index (Phi) is 8.18. The molecule has 1 unspecified atom stereocenters. The van der Waals surface area contributed by atoms with Gasteiger partial charge in [0.1, 0.15) is 24.7 Å². The van der Waals surface area contributed by atoms with Crippen LogP contribution < -0.4 is 25.3 Å². The number of carbonyl (C=O) groups is 1. The van der Waals surface area contributed by atoms with Crippen LogP contribution in [-0.4, -0.2) is 64.0 Å². The van der Waals surface area contributed by atoms with Gasteiger partial charge in [-0.3, -0.25) is 4.79 Å². The number of rotatable bonds is 11. The molecule has 9 heteroatoms. The average molecular weight is 518 g/mol. The lowest BCUT2D eigenvalue weighted by Gasteiger charge is -2.17. The molecule has 2 aliphatic heterocycles. The fraction of sp³-hybridized carbons (Fsp3) is 0.310. The standard InChI is InChI=1S/C29H31N3O6/c1-19-2-8-25-23(14-19)32-24(17-36-25)21-5-3-20(4-6-21)22-7-9-26-27(15-22)38-29(37-26)18-35-13-12-34-11-10-31-28(33)16-30/h2-9,14-15,29H,10-13,16-18,30H2,1H3,(H,31,33). The van der Waals surface area contributed by atoms with Gasteiger partial charge in [-0.25, -0.2) is 4.99 Å². The highest BCUT2D eigenvalue weighted by molar-refractivity contribution is 6.04. The van der Waals surface area contributed by atoms with Gasteiger partial charge in [0.05, 0.1) is 32.1 Å². The van der Waals surface area contributed by atoms with Gasteiger partial charge in [-0.1, -0.05) is 36.4 Å². The van der Waals surface area contributed by atoms with Crippen molar-refractivity contribution in [2.45, 2.75) is 13.2 Å². The second kappa shape index (κ2) is 12.1. The van der Waals surface area contributed by atoms with Crippen LogP contribution >= 0.6 is 0 Å². The van der Waals surface area contributed by atoms with Crippen LogP contribution in [0.25, 0.3) is 11.1 Å². The minimum Gasteiger partial charge on any atom is -0.485 e. The Morgan fingerprint density at radius 2 is 1.66 bits per heavy atom. The van der Waals surface area contributed by atoms with Crippen LogP contribution in [0.3, 0.4) is 0 Å². The van der Waals surface area contributed by atoms with E-state index in [1.54, 1.807) is 0 Å². The zero-order valence-electron chi connectivity index (χ0n) is 21.3. The van der Waals surface area contributed by atoms with E-state index in [2.05, 4.69) is 29.6 Å². The third kappa shape index (κ3) is 6.31. The molecule has 9 nitrogen and oxygen atoms in total. The summed E-state index contributed by atoms with van der Waals surface area (Å²) in [6, 6.07) is 20.2. The fourth-order valence-corrected chi connectivity index (χ4v) is 4.15. The molecule has 5 rings (SSSR count). The summed E-state index contributed by atoms with van der Waals surface area (Å²) in [5.74, 6) is 1.99. The number of amides is 1. The topological polar surface area (TPSA) is 114 Å². The van der Waals surface area contributed by atoms with Gasteiger partial charge in [-0.15, -0.1) is 0 Å². The Morgan fingerprint density at radius 3 is 2.50 bits per heavy atom. The van der Waals surface area contributed by atoms with E-state index in [9.17, 15) is 4.79 Å². The molecule has 0 aliphatic carbocycles. The zero-order valence-corrected chi connectivity index (χ0v) is 21.3. The first-order valence-electron chi connectivity index (χ1n) is 12.6. The third-order valence-electron chi connectivity index (χ3n) is 6.13. The summed E-state index contributed by atoms with van der Waals surface area (Å²) in [7, 11) is 0. The number of hydrogen-bond donors (Lipinski definition) is 2. The maximum absolute atomic E-state index is 11.1. The Labute approximate surface area is 221 Å². The predicted molar refractivity (Wildman–Crippen MR) is 143 cm³/mol. The molecule has 1 amide bonds. The van der Waals surface area contributed by atoms with E-state index in [1.165, 1.54) is 0 Å². The van der Waals surface area contributed by atoms with Crippen molar-refractivity contribution in [3.63, 3.8) is 0 Å². The van der Waals surface area contributed by atoms with Crippen LogP contribution in [0.5, 0.6) is 17.2 Å². The van der Waals surface area contributed by atoms with E-state index in [0.29, 0.717) is 44.5 Å². The van der Waals surface area contributed by atoms with E-state index in [-0.39, 0.29) is 19.1 Å². The first kappa shape index (κ1) is 25.7. The summed E-state index contributed by atoms with van der Waals surface area (Å²) in [5.41, 5.74) is 11.3. The zero-order chi connectivity index (χ0) is 26.3. The minimum absolute atomic E-state index is 0.0255. The van der Waals surface area contributed by atoms with Gasteiger partial charge in [0.25, 0.3) is 6.29 Å². The van der Waals surface area contributed by atoms with Crippen molar-refractivity contribution in [3.05, 3.63) is 71.8 Å². The van der Waals surface area contributed by atoms with Crippen molar-refractivity contribution in [2.24, 2.45) is 10.7 Å². The molecule has 3 aromatic rings. The minimum atomic E-state index is -0.512. The van der Waals surface area contributed by atoms with Gasteiger partial charge in [0, 0.05) is 6.54 Å². The summed E-state index contributed by atoms with van der Waals surface area (Å²) < 4.78 is 28.7. The second-order valence-electron chi connectivity index (χ2n) is 8.96. The molecule has 3 N–H and O–H groups in total. The average Bonchev–Trinajstić information content (AvgIpc) is 3.36. The molecular weight excluding hydrogens is 486 g/mol. The number of nitrogens with one attached hydrogen (secondary N) is 1. The molecule has 0 fully saturated rings. The first-order valence-corrected chi connectivity index (χ1v) is 12.6. The van der Waals surface area contributed by atoms with Crippen LogP contribution in [0.2, 0.25) is 0 Å². The number of carbonyl (C=O) groups excluding carboxylic acids is 1. The lowest BCUT2D eigenvalue weighted by molar-refractivity contribution is -0.120. The van der Waals surface area contributed by atoms with Crippen molar-refractivity contribution in [1.82, 2.24) is 5.32 Å². The number of aliphatic imine (C=N–C) groups is 1. The molecule has 0 bridgehead atoms. The molecule has 0 spiro atoms. The van der Waals surface area contributed by atoms with Crippen molar-refractivity contribution >= 4 is 17.3 Å². The highest BCUT2D eigenvalue weighted by atomic mass is 16.7.